The number of carbonyl (C=O) groups is 2. The molecule has 0 aliphatic rings. The van der Waals surface area contributed by atoms with Crippen LogP contribution < -0.4 is 10.1 Å². The average Bonchev–Trinajstić information content (AvgIpc) is 3.24. The molecule has 1 aromatic heterocycles. The highest BCUT2D eigenvalue weighted by molar-refractivity contribution is 5.86. The summed E-state index contributed by atoms with van der Waals surface area (Å²) < 4.78 is 11.0. The lowest BCUT2D eigenvalue weighted by Gasteiger charge is -2.14. The van der Waals surface area contributed by atoms with Crippen LogP contribution in [0.15, 0.2) is 85.1 Å². The minimum atomic E-state index is -1.14. The molecule has 0 saturated carbocycles. The fourth-order valence-electron chi connectivity index (χ4n) is 3.49. The summed E-state index contributed by atoms with van der Waals surface area (Å²) in [6.45, 7) is 0.522. The van der Waals surface area contributed by atoms with E-state index >= 15 is 0 Å². The van der Waals surface area contributed by atoms with Crippen LogP contribution in [0.25, 0.3) is 10.9 Å². The van der Waals surface area contributed by atoms with Gasteiger partial charge in [-0.2, -0.15) is 0 Å². The van der Waals surface area contributed by atoms with E-state index in [1.807, 2.05) is 78.9 Å². The van der Waals surface area contributed by atoms with Crippen molar-refractivity contribution in [3.8, 4) is 5.75 Å². The SMILES string of the molecule is O=C(N[C@H](Cc1c[nH]c2cc(OCc3ccccc3)ccc12)C(=O)O)OCc1ccccc1. The van der Waals surface area contributed by atoms with Crippen LogP contribution in [-0.2, 0) is 29.2 Å². The van der Waals surface area contributed by atoms with Crippen LogP contribution in [0.2, 0.25) is 0 Å². The Kier molecular flexibility index (Phi) is 6.90. The standard InChI is InChI=1S/C26H24N2O5/c29-25(30)24(28-26(31)33-17-19-9-5-2-6-10-19)13-20-15-27-23-14-21(11-12-22(20)23)32-16-18-7-3-1-4-8-18/h1-12,14-15,24,27H,13,16-17H2,(H,28,31)(H,29,30)/t24-/m1/s1. The molecule has 0 unspecified atom stereocenters. The molecule has 4 rings (SSSR count). The predicted octanol–water partition coefficient (Wildman–Crippen LogP) is 4.67. The summed E-state index contributed by atoms with van der Waals surface area (Å²) >= 11 is 0. The summed E-state index contributed by atoms with van der Waals surface area (Å²) in [5, 5.41) is 12.9. The lowest BCUT2D eigenvalue weighted by atomic mass is 10.1. The zero-order valence-electron chi connectivity index (χ0n) is 17.9. The second-order valence-corrected chi connectivity index (χ2v) is 7.60. The summed E-state index contributed by atoms with van der Waals surface area (Å²) in [7, 11) is 0. The summed E-state index contributed by atoms with van der Waals surface area (Å²) in [5.74, 6) is -0.430. The highest BCUT2D eigenvalue weighted by Crippen LogP contribution is 2.25. The molecule has 0 aliphatic carbocycles. The molecule has 0 aliphatic heterocycles. The minimum absolute atomic E-state index is 0.0673. The van der Waals surface area contributed by atoms with E-state index in [2.05, 4.69) is 10.3 Å². The fourth-order valence-corrected chi connectivity index (χ4v) is 3.49. The number of ether oxygens (including phenoxy) is 2. The van der Waals surface area contributed by atoms with Crippen molar-refractivity contribution in [3.63, 3.8) is 0 Å². The Balaban J connectivity index is 1.38. The molecular formula is C26H24N2O5. The van der Waals surface area contributed by atoms with Gasteiger partial charge in [0.15, 0.2) is 0 Å². The number of H-pyrrole nitrogens is 1. The average molecular weight is 444 g/mol. The number of rotatable bonds is 9. The van der Waals surface area contributed by atoms with Gasteiger partial charge in [-0.05, 0) is 28.8 Å². The number of carbonyl (C=O) groups excluding carboxylic acids is 1. The zero-order valence-corrected chi connectivity index (χ0v) is 17.9. The lowest BCUT2D eigenvalue weighted by molar-refractivity contribution is -0.139. The highest BCUT2D eigenvalue weighted by Gasteiger charge is 2.22. The number of hydrogen-bond acceptors (Lipinski definition) is 4. The van der Waals surface area contributed by atoms with Crippen LogP contribution in [-0.4, -0.2) is 28.2 Å². The van der Waals surface area contributed by atoms with Gasteiger partial charge in [-0.1, -0.05) is 60.7 Å². The monoisotopic (exact) mass is 444 g/mol. The number of fused-ring (bicyclic) bond motifs is 1. The van der Waals surface area contributed by atoms with Crippen LogP contribution in [0.4, 0.5) is 4.79 Å². The number of benzene rings is 3. The maximum atomic E-state index is 12.1. The van der Waals surface area contributed by atoms with Gasteiger partial charge in [-0.25, -0.2) is 9.59 Å². The van der Waals surface area contributed by atoms with E-state index in [1.54, 1.807) is 6.20 Å². The largest absolute Gasteiger partial charge is 0.489 e. The second-order valence-electron chi connectivity index (χ2n) is 7.60. The predicted molar refractivity (Wildman–Crippen MR) is 124 cm³/mol. The smallest absolute Gasteiger partial charge is 0.408 e. The van der Waals surface area contributed by atoms with E-state index in [0.29, 0.717) is 12.4 Å². The van der Waals surface area contributed by atoms with Crippen molar-refractivity contribution in [3.05, 3.63) is 102 Å². The van der Waals surface area contributed by atoms with Gasteiger partial charge in [0.25, 0.3) is 0 Å². The maximum absolute atomic E-state index is 12.1. The van der Waals surface area contributed by atoms with E-state index in [0.717, 1.165) is 27.6 Å². The molecule has 7 nitrogen and oxygen atoms in total. The first kappa shape index (κ1) is 22.0. The van der Waals surface area contributed by atoms with E-state index in [-0.39, 0.29) is 13.0 Å². The maximum Gasteiger partial charge on any atom is 0.408 e. The summed E-state index contributed by atoms with van der Waals surface area (Å²) in [4.78, 5) is 27.0. The Morgan fingerprint density at radius 3 is 2.24 bits per heavy atom. The molecule has 3 N–H and O–H groups in total. The van der Waals surface area contributed by atoms with Crippen molar-refractivity contribution in [2.24, 2.45) is 0 Å². The van der Waals surface area contributed by atoms with Crippen molar-refractivity contribution < 1.29 is 24.2 Å². The van der Waals surface area contributed by atoms with Gasteiger partial charge in [0.1, 0.15) is 25.0 Å². The van der Waals surface area contributed by atoms with E-state index in [9.17, 15) is 14.7 Å². The molecule has 0 fully saturated rings. The molecule has 0 spiro atoms. The molecule has 33 heavy (non-hydrogen) atoms. The quantitative estimate of drug-likeness (QED) is 0.348. The Morgan fingerprint density at radius 2 is 1.58 bits per heavy atom. The molecule has 7 heteroatoms. The topological polar surface area (TPSA) is 101 Å². The van der Waals surface area contributed by atoms with E-state index in [1.165, 1.54) is 0 Å². The number of nitrogens with one attached hydrogen (secondary N) is 2. The second kappa shape index (κ2) is 10.4. The minimum Gasteiger partial charge on any atom is -0.489 e. The third-order valence-corrected chi connectivity index (χ3v) is 5.21. The summed E-state index contributed by atoms with van der Waals surface area (Å²) in [5.41, 5.74) is 3.49. The number of carboxylic acids is 1. The number of hydrogen-bond donors (Lipinski definition) is 3. The Morgan fingerprint density at radius 1 is 0.909 bits per heavy atom. The normalized spacial score (nSPS) is 11.6. The third-order valence-electron chi connectivity index (χ3n) is 5.21. The van der Waals surface area contributed by atoms with Crippen molar-refractivity contribution in [1.29, 1.82) is 0 Å². The summed E-state index contributed by atoms with van der Waals surface area (Å²) in [6.07, 6.45) is 1.08. The van der Waals surface area contributed by atoms with Crippen LogP contribution >= 0.6 is 0 Å². The van der Waals surface area contributed by atoms with Gasteiger partial charge in [0.05, 0.1) is 0 Å². The number of amides is 1. The molecule has 3 aromatic carbocycles. The van der Waals surface area contributed by atoms with Crippen molar-refractivity contribution in [1.82, 2.24) is 10.3 Å². The van der Waals surface area contributed by atoms with Crippen LogP contribution in [0, 0.1) is 0 Å². The Labute approximate surface area is 191 Å². The lowest BCUT2D eigenvalue weighted by Crippen LogP contribution is -2.42. The van der Waals surface area contributed by atoms with Crippen LogP contribution in [0.5, 0.6) is 5.75 Å². The fraction of sp³-hybridized carbons (Fsp3) is 0.154. The third kappa shape index (κ3) is 5.92. The molecule has 1 amide bonds. The zero-order chi connectivity index (χ0) is 23.0. The number of aromatic amines is 1. The van der Waals surface area contributed by atoms with Gasteiger partial charge in [0, 0.05) is 29.6 Å². The Bertz CT molecular complexity index is 1220. The molecule has 0 saturated heterocycles. The van der Waals surface area contributed by atoms with Gasteiger partial charge < -0.3 is 24.9 Å². The number of aromatic nitrogens is 1. The van der Waals surface area contributed by atoms with E-state index < -0.39 is 18.1 Å². The van der Waals surface area contributed by atoms with Gasteiger partial charge in [-0.15, -0.1) is 0 Å². The summed E-state index contributed by atoms with van der Waals surface area (Å²) in [6, 6.07) is 23.5. The van der Waals surface area contributed by atoms with E-state index in [4.69, 9.17) is 9.47 Å². The van der Waals surface area contributed by atoms with Crippen LogP contribution in [0.1, 0.15) is 16.7 Å². The first-order valence-electron chi connectivity index (χ1n) is 10.6. The molecule has 4 aromatic rings. The number of carboxylic acid groups (broad SMARTS) is 1. The molecule has 1 atom stereocenters. The van der Waals surface area contributed by atoms with Gasteiger partial charge >= 0.3 is 12.1 Å². The van der Waals surface area contributed by atoms with Crippen LogP contribution in [0.3, 0.4) is 0 Å². The molecular weight excluding hydrogens is 420 g/mol. The molecule has 0 bridgehead atoms. The number of aliphatic carboxylic acids is 1. The Hall–Kier alpha value is -4.26. The first-order chi connectivity index (χ1) is 16.1. The van der Waals surface area contributed by atoms with Crippen molar-refractivity contribution >= 4 is 23.0 Å². The van der Waals surface area contributed by atoms with Gasteiger partial charge in [-0.3, -0.25) is 0 Å². The molecule has 168 valence electrons. The highest BCUT2D eigenvalue weighted by atomic mass is 16.5. The first-order valence-corrected chi connectivity index (χ1v) is 10.6. The molecule has 0 radical (unpaired) electrons. The van der Waals surface area contributed by atoms with Crippen molar-refractivity contribution in [2.45, 2.75) is 25.7 Å². The van der Waals surface area contributed by atoms with Crippen molar-refractivity contribution in [2.75, 3.05) is 0 Å². The number of alkyl carbamates (subject to hydrolysis) is 1. The van der Waals surface area contributed by atoms with Gasteiger partial charge in [0.2, 0.25) is 0 Å². The molecule has 1 heterocycles.